The fourth-order valence-corrected chi connectivity index (χ4v) is 4.91. The lowest BCUT2D eigenvalue weighted by Crippen LogP contribution is -2.46. The molecule has 2 aliphatic heterocycles. The van der Waals surface area contributed by atoms with Gasteiger partial charge in [-0.15, -0.1) is 0 Å². The minimum absolute atomic E-state index is 0.0411. The molecule has 0 unspecified atom stereocenters. The van der Waals surface area contributed by atoms with E-state index in [0.29, 0.717) is 0 Å². The zero-order valence-corrected chi connectivity index (χ0v) is 18.1. The molecule has 1 amide bonds. The first-order valence-electron chi connectivity index (χ1n) is 10.6. The van der Waals surface area contributed by atoms with E-state index in [9.17, 15) is 24.6 Å². The van der Waals surface area contributed by atoms with E-state index in [0.717, 1.165) is 30.5 Å². The second kappa shape index (κ2) is 7.88. The number of nitrogens with one attached hydrogen (secondary N) is 1. The Labute approximate surface area is 178 Å². The maximum absolute atomic E-state index is 13.2. The van der Waals surface area contributed by atoms with Crippen LogP contribution in [0.15, 0.2) is 15.9 Å². The highest BCUT2D eigenvalue weighted by atomic mass is 16.3. The average Bonchev–Trinajstić information content (AvgIpc) is 3.12. The van der Waals surface area contributed by atoms with Crippen LogP contribution < -0.4 is 16.6 Å². The van der Waals surface area contributed by atoms with E-state index in [1.165, 1.54) is 25.0 Å². The van der Waals surface area contributed by atoms with Gasteiger partial charge in [0.15, 0.2) is 11.2 Å². The van der Waals surface area contributed by atoms with E-state index in [1.807, 2.05) is 0 Å². The number of hydrogen-bond acceptors (Lipinski definition) is 7. The van der Waals surface area contributed by atoms with Crippen molar-refractivity contribution in [1.29, 1.82) is 0 Å². The number of amides is 1. The van der Waals surface area contributed by atoms with Gasteiger partial charge in [-0.05, 0) is 32.9 Å². The van der Waals surface area contributed by atoms with E-state index >= 15 is 0 Å². The van der Waals surface area contributed by atoms with Gasteiger partial charge < -0.3 is 25.0 Å². The highest BCUT2D eigenvalue weighted by molar-refractivity contribution is 5.79. The van der Waals surface area contributed by atoms with Crippen LogP contribution in [0.4, 0.5) is 0 Å². The van der Waals surface area contributed by atoms with Gasteiger partial charge in [0.1, 0.15) is 0 Å². The Bertz CT molecular complexity index is 1110. The zero-order chi connectivity index (χ0) is 22.5. The van der Waals surface area contributed by atoms with Gasteiger partial charge in [0.2, 0.25) is 5.91 Å². The predicted octanol–water partition coefficient (Wildman–Crippen LogP) is -1.68. The van der Waals surface area contributed by atoms with Gasteiger partial charge in [-0.25, -0.2) is 9.78 Å². The van der Waals surface area contributed by atoms with Crippen LogP contribution in [-0.4, -0.2) is 77.6 Å². The van der Waals surface area contributed by atoms with Crippen LogP contribution in [0.3, 0.4) is 0 Å². The van der Waals surface area contributed by atoms with Crippen molar-refractivity contribution < 1.29 is 15.0 Å². The molecule has 31 heavy (non-hydrogen) atoms. The molecule has 2 aromatic rings. The normalized spacial score (nSPS) is 28.1. The number of imidazole rings is 1. The van der Waals surface area contributed by atoms with E-state index in [4.69, 9.17) is 0 Å². The monoisotopic (exact) mass is 434 g/mol. The van der Waals surface area contributed by atoms with E-state index in [-0.39, 0.29) is 42.5 Å². The fraction of sp³-hybridized carbons (Fsp3) is 0.700. The maximum atomic E-state index is 13.2. The van der Waals surface area contributed by atoms with Crippen LogP contribution in [0.1, 0.15) is 32.2 Å². The molecule has 11 heteroatoms. The first-order valence-corrected chi connectivity index (χ1v) is 10.6. The van der Waals surface area contributed by atoms with Gasteiger partial charge in [-0.3, -0.25) is 18.7 Å². The van der Waals surface area contributed by atoms with Gasteiger partial charge in [0, 0.05) is 39.5 Å². The Balaban J connectivity index is 1.79. The Morgan fingerprint density at radius 2 is 1.87 bits per heavy atom. The maximum Gasteiger partial charge on any atom is 0.332 e. The molecule has 170 valence electrons. The smallest absolute Gasteiger partial charge is 0.332 e. The van der Waals surface area contributed by atoms with Crippen molar-refractivity contribution in [1.82, 2.24) is 28.9 Å². The number of fused-ring (bicyclic) bond motifs is 1. The molecule has 4 rings (SSSR count). The molecule has 0 aromatic carbocycles. The fourth-order valence-electron chi connectivity index (χ4n) is 4.91. The third-order valence-electron chi connectivity index (χ3n) is 6.70. The molecule has 0 spiro atoms. The summed E-state index contributed by atoms with van der Waals surface area (Å²) in [5.74, 6) is -0.182. The van der Waals surface area contributed by atoms with E-state index < -0.39 is 29.0 Å². The molecule has 11 nitrogen and oxygen atoms in total. The number of hydrogen-bond donors (Lipinski definition) is 3. The lowest BCUT2D eigenvalue weighted by molar-refractivity contribution is -0.138. The van der Waals surface area contributed by atoms with Crippen LogP contribution in [0.5, 0.6) is 0 Å². The van der Waals surface area contributed by atoms with Crippen LogP contribution in [0.25, 0.3) is 11.2 Å². The number of β-amino-alcohol motifs (C(OH)–C–C–N with tert-alkyl or cyclic N) is 1. The molecule has 0 aliphatic carbocycles. The van der Waals surface area contributed by atoms with Crippen molar-refractivity contribution in [3.8, 4) is 0 Å². The summed E-state index contributed by atoms with van der Waals surface area (Å²) in [4.78, 5) is 44.3. The third kappa shape index (κ3) is 3.70. The lowest BCUT2D eigenvalue weighted by atomic mass is 9.91. The molecule has 0 saturated carbocycles. The molecule has 2 saturated heterocycles. The van der Waals surface area contributed by atoms with Crippen LogP contribution in [-0.2, 0) is 18.9 Å². The number of aromatic nitrogens is 4. The first-order chi connectivity index (χ1) is 14.6. The van der Waals surface area contributed by atoms with E-state index in [1.54, 1.807) is 16.4 Å². The number of nitrogens with zero attached hydrogens (tertiary/aromatic N) is 5. The Morgan fingerprint density at radius 3 is 2.55 bits per heavy atom. The standard InChI is InChI=1S/C20H30N6O5/c1-20(31)8-13(27)9-25(17(28)12-4-6-21-7-5-12)10-14(20)26-11-22-16-15(26)18(29)24(3)19(30)23(16)2/h11-14,21,27,31H,4-10H2,1-3H3/t13-,14+,20+/m0/s1. The summed E-state index contributed by atoms with van der Waals surface area (Å²) < 4.78 is 3.84. The number of likely N-dealkylation sites (tertiary alicyclic amines) is 1. The number of aliphatic hydroxyl groups excluding tert-OH is 1. The molecule has 2 aromatic heterocycles. The van der Waals surface area contributed by atoms with Gasteiger partial charge in [-0.1, -0.05) is 0 Å². The summed E-state index contributed by atoms with van der Waals surface area (Å²) in [5, 5.41) is 25.1. The van der Waals surface area contributed by atoms with E-state index in [2.05, 4.69) is 10.3 Å². The number of carbonyl (C=O) groups is 1. The number of aliphatic hydroxyl groups is 2. The van der Waals surface area contributed by atoms with Crippen LogP contribution >= 0.6 is 0 Å². The largest absolute Gasteiger partial charge is 0.391 e. The third-order valence-corrected chi connectivity index (χ3v) is 6.70. The average molecular weight is 434 g/mol. The highest BCUT2D eigenvalue weighted by Crippen LogP contribution is 2.34. The number of rotatable bonds is 2. The van der Waals surface area contributed by atoms with Crippen molar-refractivity contribution in [3.63, 3.8) is 0 Å². The first kappa shape index (κ1) is 21.7. The van der Waals surface area contributed by atoms with Gasteiger partial charge in [0.25, 0.3) is 5.56 Å². The number of carbonyl (C=O) groups excluding carboxylic acids is 1. The summed E-state index contributed by atoms with van der Waals surface area (Å²) in [5.41, 5.74) is -2.03. The summed E-state index contributed by atoms with van der Waals surface area (Å²) in [6.07, 6.45) is 2.02. The van der Waals surface area contributed by atoms with Crippen molar-refractivity contribution >= 4 is 17.1 Å². The molecule has 0 bridgehead atoms. The highest BCUT2D eigenvalue weighted by Gasteiger charge is 2.43. The minimum Gasteiger partial charge on any atom is -0.391 e. The molecule has 0 radical (unpaired) electrons. The summed E-state index contributed by atoms with van der Waals surface area (Å²) >= 11 is 0. The molecule has 2 aliphatic rings. The quantitative estimate of drug-likeness (QED) is 0.514. The Hall–Kier alpha value is -2.50. The van der Waals surface area contributed by atoms with Crippen molar-refractivity contribution in [2.24, 2.45) is 20.0 Å². The molecular formula is C20H30N6O5. The molecular weight excluding hydrogens is 404 g/mol. The Morgan fingerprint density at radius 1 is 1.19 bits per heavy atom. The molecule has 3 atom stereocenters. The second-order valence-corrected chi connectivity index (χ2v) is 9.03. The molecule has 4 heterocycles. The van der Waals surface area contributed by atoms with Gasteiger partial charge in [-0.2, -0.15) is 0 Å². The molecule has 3 N–H and O–H groups in total. The summed E-state index contributed by atoms with van der Waals surface area (Å²) in [6.45, 7) is 3.38. The number of aryl methyl sites for hydroxylation is 1. The predicted molar refractivity (Wildman–Crippen MR) is 113 cm³/mol. The van der Waals surface area contributed by atoms with Crippen molar-refractivity contribution in [3.05, 3.63) is 27.2 Å². The minimum atomic E-state index is -1.41. The van der Waals surface area contributed by atoms with Gasteiger partial charge in [0.05, 0.1) is 24.1 Å². The van der Waals surface area contributed by atoms with Crippen molar-refractivity contribution in [2.75, 3.05) is 26.2 Å². The Kier molecular flexibility index (Phi) is 5.52. The number of piperidine rings is 1. The zero-order valence-electron chi connectivity index (χ0n) is 18.1. The second-order valence-electron chi connectivity index (χ2n) is 9.03. The summed E-state index contributed by atoms with van der Waals surface area (Å²) in [6, 6.07) is -0.717. The van der Waals surface area contributed by atoms with Crippen LogP contribution in [0, 0.1) is 5.92 Å². The topological polar surface area (TPSA) is 135 Å². The van der Waals surface area contributed by atoms with Crippen molar-refractivity contribution in [2.45, 2.75) is 43.9 Å². The van der Waals surface area contributed by atoms with Gasteiger partial charge >= 0.3 is 5.69 Å². The van der Waals surface area contributed by atoms with Crippen LogP contribution in [0.2, 0.25) is 0 Å². The SMILES string of the molecule is Cn1c(=O)c2c(ncn2[C@@H]2CN(C(=O)C3CCNCC3)C[C@@H](O)C[C@@]2(C)O)n(C)c1=O. The lowest BCUT2D eigenvalue weighted by Gasteiger charge is -2.35. The summed E-state index contributed by atoms with van der Waals surface area (Å²) in [7, 11) is 2.92. The molecule has 2 fully saturated rings.